The minimum Gasteiger partial charge on any atom is -0.338 e. The molecule has 0 radical (unpaired) electrons. The third-order valence-corrected chi connectivity index (χ3v) is 6.24. The third kappa shape index (κ3) is 4.75. The zero-order chi connectivity index (χ0) is 22.5. The van der Waals surface area contributed by atoms with E-state index in [-0.39, 0.29) is 17.2 Å². The number of fused-ring (bicyclic) bond motifs is 1. The van der Waals surface area contributed by atoms with Gasteiger partial charge in [0.2, 0.25) is 5.91 Å². The lowest BCUT2D eigenvalue weighted by Crippen LogP contribution is -2.32. The fourth-order valence-electron chi connectivity index (χ4n) is 3.53. The number of carbonyl (C=O) groups excluding carboxylic acids is 1. The lowest BCUT2D eigenvalue weighted by Gasteiger charge is -2.21. The molecule has 0 aliphatic rings. The van der Waals surface area contributed by atoms with E-state index in [0.717, 1.165) is 16.8 Å². The van der Waals surface area contributed by atoms with E-state index in [1.165, 1.54) is 11.8 Å². The second-order valence-corrected chi connectivity index (χ2v) is 8.51. The number of aromatic nitrogens is 2. The van der Waals surface area contributed by atoms with Crippen LogP contribution in [0.5, 0.6) is 0 Å². The first-order valence-electron chi connectivity index (χ1n) is 10.6. The Bertz CT molecular complexity index is 1280. The van der Waals surface area contributed by atoms with E-state index in [9.17, 15) is 9.59 Å². The predicted molar refractivity (Wildman–Crippen MR) is 130 cm³/mol. The summed E-state index contributed by atoms with van der Waals surface area (Å²) in [5, 5.41) is 1.07. The van der Waals surface area contributed by atoms with Crippen molar-refractivity contribution in [1.29, 1.82) is 0 Å². The minimum absolute atomic E-state index is 0.0132. The molecule has 4 aromatic rings. The molecule has 4 rings (SSSR count). The van der Waals surface area contributed by atoms with Gasteiger partial charge in [0.15, 0.2) is 5.16 Å². The Kier molecular flexibility index (Phi) is 6.71. The van der Waals surface area contributed by atoms with Crippen LogP contribution in [0.3, 0.4) is 0 Å². The van der Waals surface area contributed by atoms with Crippen LogP contribution in [0.2, 0.25) is 0 Å². The van der Waals surface area contributed by atoms with Crippen LogP contribution in [-0.2, 0) is 11.3 Å². The Morgan fingerprint density at radius 3 is 2.38 bits per heavy atom. The second kappa shape index (κ2) is 9.83. The molecule has 6 heteroatoms. The third-order valence-electron chi connectivity index (χ3n) is 5.31. The van der Waals surface area contributed by atoms with Crippen LogP contribution in [0.25, 0.3) is 16.6 Å². The van der Waals surface area contributed by atoms with Crippen LogP contribution in [0, 0.1) is 6.92 Å². The van der Waals surface area contributed by atoms with E-state index < -0.39 is 0 Å². The topological polar surface area (TPSA) is 55.2 Å². The van der Waals surface area contributed by atoms with Crippen molar-refractivity contribution in [3.8, 4) is 5.69 Å². The summed E-state index contributed by atoms with van der Waals surface area (Å²) in [5.74, 6) is 0.219. The van der Waals surface area contributed by atoms with Crippen LogP contribution < -0.4 is 5.56 Å². The van der Waals surface area contributed by atoms with Crippen molar-refractivity contribution in [1.82, 2.24) is 14.5 Å². The predicted octanol–water partition coefficient (Wildman–Crippen LogP) is 4.83. The van der Waals surface area contributed by atoms with Gasteiger partial charge in [-0.1, -0.05) is 71.9 Å². The first kappa shape index (κ1) is 21.8. The second-order valence-electron chi connectivity index (χ2n) is 7.57. The first-order valence-corrected chi connectivity index (χ1v) is 11.6. The molecule has 0 unspecified atom stereocenters. The highest BCUT2D eigenvalue weighted by atomic mass is 32.2. The van der Waals surface area contributed by atoms with Gasteiger partial charge in [-0.05, 0) is 43.7 Å². The van der Waals surface area contributed by atoms with Gasteiger partial charge in [0, 0.05) is 13.1 Å². The van der Waals surface area contributed by atoms with Crippen LogP contribution in [-0.4, -0.2) is 32.7 Å². The Morgan fingerprint density at radius 1 is 0.969 bits per heavy atom. The molecule has 0 saturated carbocycles. The van der Waals surface area contributed by atoms with Gasteiger partial charge in [-0.15, -0.1) is 0 Å². The average Bonchev–Trinajstić information content (AvgIpc) is 2.82. The molecule has 32 heavy (non-hydrogen) atoms. The van der Waals surface area contributed by atoms with Gasteiger partial charge in [0.1, 0.15) is 0 Å². The molecule has 0 spiro atoms. The number of carbonyl (C=O) groups is 1. The Hall–Kier alpha value is -3.38. The first-order chi connectivity index (χ1) is 15.6. The average molecular weight is 444 g/mol. The zero-order valence-corrected chi connectivity index (χ0v) is 19.0. The number of benzene rings is 3. The van der Waals surface area contributed by atoms with Crippen molar-refractivity contribution in [2.75, 3.05) is 12.3 Å². The summed E-state index contributed by atoms with van der Waals surface area (Å²) in [5.41, 5.74) is 3.44. The van der Waals surface area contributed by atoms with Crippen molar-refractivity contribution in [2.24, 2.45) is 0 Å². The molecule has 1 heterocycles. The molecule has 0 atom stereocenters. The minimum atomic E-state index is -0.133. The number of nitrogens with zero attached hydrogens (tertiary/aromatic N) is 3. The van der Waals surface area contributed by atoms with Crippen molar-refractivity contribution < 1.29 is 4.79 Å². The van der Waals surface area contributed by atoms with Gasteiger partial charge in [0.05, 0.1) is 22.3 Å². The van der Waals surface area contributed by atoms with E-state index >= 15 is 0 Å². The number of thioether (sulfide) groups is 1. The van der Waals surface area contributed by atoms with E-state index in [2.05, 4.69) is 0 Å². The van der Waals surface area contributed by atoms with Crippen LogP contribution in [0.15, 0.2) is 88.8 Å². The Morgan fingerprint density at radius 2 is 1.66 bits per heavy atom. The molecular formula is C26H25N3O2S. The number of aryl methyl sites for hydroxylation is 1. The molecule has 3 aromatic carbocycles. The highest BCUT2D eigenvalue weighted by Gasteiger charge is 2.17. The molecule has 5 nitrogen and oxygen atoms in total. The summed E-state index contributed by atoms with van der Waals surface area (Å²) in [4.78, 5) is 32.9. The number of hydrogen-bond acceptors (Lipinski definition) is 4. The lowest BCUT2D eigenvalue weighted by molar-refractivity contribution is -0.128. The summed E-state index contributed by atoms with van der Waals surface area (Å²) in [7, 11) is 0. The molecule has 0 aliphatic carbocycles. The van der Waals surface area contributed by atoms with Crippen molar-refractivity contribution in [2.45, 2.75) is 25.5 Å². The molecule has 162 valence electrons. The number of para-hydroxylation sites is 1. The fraction of sp³-hybridized carbons (Fsp3) is 0.192. The van der Waals surface area contributed by atoms with Gasteiger partial charge >= 0.3 is 0 Å². The molecule has 0 bridgehead atoms. The maximum atomic E-state index is 13.3. The van der Waals surface area contributed by atoms with Gasteiger partial charge < -0.3 is 4.90 Å². The van der Waals surface area contributed by atoms with Crippen LogP contribution in [0.4, 0.5) is 0 Å². The normalized spacial score (nSPS) is 10.9. The summed E-state index contributed by atoms with van der Waals surface area (Å²) in [6, 6.07) is 25.0. The van der Waals surface area contributed by atoms with Crippen molar-refractivity contribution in [3.05, 3.63) is 100 Å². The smallest absolute Gasteiger partial charge is 0.266 e. The summed E-state index contributed by atoms with van der Waals surface area (Å²) in [6.07, 6.45) is 0. The Labute approximate surface area is 191 Å². The molecule has 0 fully saturated rings. The monoisotopic (exact) mass is 443 g/mol. The largest absolute Gasteiger partial charge is 0.338 e. The fourth-order valence-corrected chi connectivity index (χ4v) is 4.44. The van der Waals surface area contributed by atoms with E-state index in [4.69, 9.17) is 4.98 Å². The molecule has 1 amide bonds. The SMILES string of the molecule is CCN(Cc1ccccc1)C(=O)CSc1nc2ccccc2c(=O)n1-c1ccc(C)cc1. The van der Waals surface area contributed by atoms with Gasteiger partial charge in [-0.3, -0.25) is 14.2 Å². The van der Waals surface area contributed by atoms with Crippen LogP contribution >= 0.6 is 11.8 Å². The lowest BCUT2D eigenvalue weighted by atomic mass is 10.2. The summed E-state index contributed by atoms with van der Waals surface area (Å²) < 4.78 is 1.60. The highest BCUT2D eigenvalue weighted by molar-refractivity contribution is 7.99. The number of amides is 1. The van der Waals surface area contributed by atoms with E-state index in [1.807, 2.05) is 91.5 Å². The molecule has 0 N–H and O–H groups in total. The van der Waals surface area contributed by atoms with E-state index in [1.54, 1.807) is 10.6 Å². The van der Waals surface area contributed by atoms with E-state index in [0.29, 0.717) is 29.1 Å². The number of hydrogen-bond donors (Lipinski definition) is 0. The maximum absolute atomic E-state index is 13.3. The maximum Gasteiger partial charge on any atom is 0.266 e. The zero-order valence-electron chi connectivity index (χ0n) is 18.2. The van der Waals surface area contributed by atoms with Gasteiger partial charge in [-0.25, -0.2) is 4.98 Å². The summed E-state index contributed by atoms with van der Waals surface area (Å²) in [6.45, 7) is 5.16. The van der Waals surface area contributed by atoms with Crippen molar-refractivity contribution in [3.63, 3.8) is 0 Å². The quantitative estimate of drug-likeness (QED) is 0.303. The molecule has 0 saturated heterocycles. The molecular weight excluding hydrogens is 418 g/mol. The number of rotatable bonds is 7. The Balaban J connectivity index is 1.64. The molecule has 0 aliphatic heterocycles. The standard InChI is InChI=1S/C26H25N3O2S/c1-3-28(17-20-9-5-4-6-10-20)24(30)18-32-26-27-23-12-8-7-11-22(23)25(31)29(26)21-15-13-19(2)14-16-21/h4-16H,3,17-18H2,1-2H3. The summed E-state index contributed by atoms with van der Waals surface area (Å²) >= 11 is 1.30. The highest BCUT2D eigenvalue weighted by Crippen LogP contribution is 2.22. The van der Waals surface area contributed by atoms with Crippen LogP contribution in [0.1, 0.15) is 18.1 Å². The van der Waals surface area contributed by atoms with Crippen molar-refractivity contribution >= 4 is 28.6 Å². The van der Waals surface area contributed by atoms with Gasteiger partial charge in [0.25, 0.3) is 5.56 Å². The molecule has 1 aromatic heterocycles. The van der Waals surface area contributed by atoms with Gasteiger partial charge in [-0.2, -0.15) is 0 Å².